The van der Waals surface area contributed by atoms with E-state index in [9.17, 15) is 78.3 Å². The van der Waals surface area contributed by atoms with Crippen molar-refractivity contribution in [3.8, 4) is 39.7 Å². The minimum Gasteiger partial charge on any atom is -0.508 e. The Balaban J connectivity index is 0.952. The molecule has 31 heteroatoms. The Morgan fingerprint density at radius 1 is 0.650 bits per heavy atom. The average Bonchev–Trinajstić information content (AvgIpc) is 0.859. The third kappa shape index (κ3) is 22.4. The second-order valence-corrected chi connectivity index (χ2v) is 26.1. The fourth-order valence-electron chi connectivity index (χ4n) is 11.3. The van der Waals surface area contributed by atoms with Crippen molar-refractivity contribution >= 4 is 130 Å². The summed E-state index contributed by atoms with van der Waals surface area (Å²) in [6.07, 6.45) is 0.527. The minimum absolute atomic E-state index is 0.00195. The van der Waals surface area contributed by atoms with Crippen LogP contribution in [-0.4, -0.2) is 168 Å². The maximum absolute atomic E-state index is 14.4. The van der Waals surface area contributed by atoms with Crippen LogP contribution in [0.3, 0.4) is 0 Å². The van der Waals surface area contributed by atoms with E-state index in [0.717, 1.165) is 0 Å². The van der Waals surface area contributed by atoms with Gasteiger partial charge in [-0.05, 0) is 141 Å². The first-order valence-electron chi connectivity index (χ1n) is 32.3. The summed E-state index contributed by atoms with van der Waals surface area (Å²) in [6.45, 7) is 5.25. The molecule has 27 nitrogen and oxygen atoms in total. The van der Waals surface area contributed by atoms with Gasteiger partial charge in [-0.2, -0.15) is 25.3 Å². The predicted molar refractivity (Wildman–Crippen MR) is 384 cm³/mol. The van der Waals surface area contributed by atoms with Gasteiger partial charge in [0, 0.05) is 90.7 Å². The maximum Gasteiger partial charge on any atom is 0.336 e. The van der Waals surface area contributed by atoms with Crippen LogP contribution in [0.2, 0.25) is 5.02 Å². The number of hydrogen-bond donors (Lipinski definition) is 16. The van der Waals surface area contributed by atoms with Crippen LogP contribution in [-0.2, 0) is 56.0 Å². The van der Waals surface area contributed by atoms with Crippen LogP contribution >= 0.6 is 49.1 Å². The maximum atomic E-state index is 14.4. The van der Waals surface area contributed by atoms with Gasteiger partial charge in [-0.3, -0.25) is 47.9 Å². The number of anilines is 1. The molecule has 0 spiro atoms. The number of phenols is 3. The number of aliphatic carboxylic acids is 1. The molecule has 1 fully saturated rings. The topological polar surface area (TPSA) is 414 Å². The van der Waals surface area contributed by atoms with Crippen LogP contribution in [0.5, 0.6) is 17.2 Å². The molecule has 3 aliphatic rings. The number of aromatic carboxylic acids is 1. The lowest BCUT2D eigenvalue weighted by atomic mass is 9.90. The quantitative estimate of drug-likeness (QED) is 0.0107. The highest BCUT2D eigenvalue weighted by molar-refractivity contribution is 7.80. The molecule has 1 aliphatic carbocycles. The summed E-state index contributed by atoms with van der Waals surface area (Å²) in [5, 5.41) is 75.5. The molecule has 7 atom stereocenters. The van der Waals surface area contributed by atoms with Crippen molar-refractivity contribution in [2.45, 2.75) is 134 Å². The van der Waals surface area contributed by atoms with E-state index in [1.54, 1.807) is 31.2 Å². The number of carboxylic acids is 2. The summed E-state index contributed by atoms with van der Waals surface area (Å²) >= 11 is 20.3. The van der Waals surface area contributed by atoms with Gasteiger partial charge in [-0.15, -0.1) is 0 Å². The van der Waals surface area contributed by atoms with Gasteiger partial charge in [0.25, 0.3) is 0 Å². The van der Waals surface area contributed by atoms with Crippen LogP contribution in [0, 0.1) is 5.92 Å². The monoisotopic (exact) mass is 1450 g/mol. The number of thiocarbonyl (C=S) groups is 1. The standard InChI is InChI=1S/C69H81ClN10O17S3/c1-36(2)26-50(64(91)73-37(3)34-98)76-59(86)33-72-62(89)51(29-39-12-22-55(84)48(70)27-39)78-66(93)54-8-7-25-80(54)67(94)53(35-99)79-63(90)49(21-23-60(87)88)77-65(92)52(28-38-10-14-41(81)15-11-38)75-58(85)9-5-4-6-24-71-69(100)74-40-13-18-44(47(30-40)68(95)96)61-45-19-16-42(82)31-56(45)97-57-32-43(83)17-20-46(57)61/h10-20,22,27,30-32,36-37,49-54,81-82,84,98-99H,4-9,21,23-26,28-29,33-35H2,1-3H3,(H,72,89)(H,73,91)(H,75,85)(H,76,86)(H,77,92)(H,78,93)(H,79,90)(H,87,88)(H,95,96)(H2,71,74,100)/t37-,49-,50+,51+,52+,53+,54-/m1/s1. The number of hydrogen-bond acceptors (Lipinski definition) is 18. The normalized spacial score (nSPS) is 14.5. The van der Waals surface area contributed by atoms with Gasteiger partial charge in [-0.25, -0.2) is 4.79 Å². The lowest BCUT2D eigenvalue weighted by molar-refractivity contribution is -0.142. The number of thiol groups is 2. The number of nitrogens with zero attached hydrogens (tertiary/aromatic N) is 1. The molecular weight excluding hydrogens is 1370 g/mol. The molecule has 0 aromatic heterocycles. The summed E-state index contributed by atoms with van der Waals surface area (Å²) in [4.78, 5) is 149. The van der Waals surface area contributed by atoms with Crippen molar-refractivity contribution in [2.24, 2.45) is 5.92 Å². The van der Waals surface area contributed by atoms with Crippen molar-refractivity contribution in [3.63, 3.8) is 0 Å². The van der Waals surface area contributed by atoms with Crippen molar-refractivity contribution in [2.75, 3.05) is 36.5 Å². The number of aromatic hydroxyl groups is 3. The number of phenolic OH excluding ortho intramolecular Hbond substituents is 3. The van der Waals surface area contributed by atoms with Gasteiger partial charge in [-0.1, -0.05) is 56.1 Å². The van der Waals surface area contributed by atoms with Crippen molar-refractivity contribution in [1.82, 2.24) is 47.4 Å². The SMILES string of the molecule is CC(C)C[C@H](NC(=O)CNC(=O)[C@H](Cc1ccc(O)c(Cl)c1)NC(=O)[C@H]1CCCN1C(=O)[C@H](CS)NC(=O)[C@@H](CCC(=O)O)NC(=O)[C@H](Cc1ccc(O)cc1)NC(=O)CCCCCNC(=S)Nc1ccc(-c2c3ccc(=O)cc-3oc3cc(O)ccc23)c(C(=O)O)c1)C(=O)N[C@H](C)CS. The number of fused-ring (bicyclic) bond motifs is 2. The van der Waals surface area contributed by atoms with Gasteiger partial charge in [0.05, 0.1) is 17.1 Å². The molecule has 4 aromatic carbocycles. The summed E-state index contributed by atoms with van der Waals surface area (Å²) < 4.78 is 5.92. The second kappa shape index (κ2) is 37.0. The van der Waals surface area contributed by atoms with Gasteiger partial charge < -0.3 is 82.7 Å². The number of carbonyl (C=O) groups is 10. The van der Waals surface area contributed by atoms with E-state index >= 15 is 0 Å². The van der Waals surface area contributed by atoms with Crippen molar-refractivity contribution in [1.29, 1.82) is 0 Å². The lowest BCUT2D eigenvalue weighted by Crippen LogP contribution is -2.60. The molecule has 0 radical (unpaired) electrons. The summed E-state index contributed by atoms with van der Waals surface area (Å²) in [5.41, 5.74) is 2.30. The largest absolute Gasteiger partial charge is 0.508 e. The summed E-state index contributed by atoms with van der Waals surface area (Å²) in [7, 11) is 0. The lowest BCUT2D eigenvalue weighted by Gasteiger charge is -2.30. The molecule has 534 valence electrons. The smallest absolute Gasteiger partial charge is 0.336 e. The number of halogens is 1. The molecule has 100 heavy (non-hydrogen) atoms. The second-order valence-electron chi connectivity index (χ2n) is 24.6. The Kier molecular flexibility index (Phi) is 28.7. The zero-order valence-corrected chi connectivity index (χ0v) is 58.3. The van der Waals surface area contributed by atoms with Crippen molar-refractivity contribution in [3.05, 3.63) is 129 Å². The van der Waals surface area contributed by atoms with E-state index in [0.29, 0.717) is 76.9 Å². The molecule has 1 saturated heterocycles. The van der Waals surface area contributed by atoms with Crippen LogP contribution < -0.4 is 53.3 Å². The number of amides is 8. The highest BCUT2D eigenvalue weighted by Gasteiger charge is 2.40. The third-order valence-corrected chi connectivity index (χ3v) is 17.8. The first-order chi connectivity index (χ1) is 47.6. The molecular formula is C69H81ClN10O17S3. The first kappa shape index (κ1) is 77.7. The van der Waals surface area contributed by atoms with Gasteiger partial charge in [0.1, 0.15) is 64.8 Å². The molecule has 0 saturated carbocycles. The molecule has 8 amide bonds. The van der Waals surface area contributed by atoms with Crippen LogP contribution in [0.25, 0.3) is 33.4 Å². The Bertz CT molecular complexity index is 4030. The van der Waals surface area contributed by atoms with Crippen LogP contribution in [0.4, 0.5) is 5.69 Å². The van der Waals surface area contributed by atoms with E-state index in [1.807, 2.05) is 13.8 Å². The Morgan fingerprint density at radius 3 is 2.00 bits per heavy atom. The number of likely N-dealkylation sites (tertiary alicyclic amines) is 1. The van der Waals surface area contributed by atoms with Gasteiger partial charge in [0.15, 0.2) is 10.5 Å². The molecule has 4 aromatic rings. The third-order valence-electron chi connectivity index (χ3n) is 16.3. The molecule has 0 unspecified atom stereocenters. The zero-order valence-electron chi connectivity index (χ0n) is 54.9. The summed E-state index contributed by atoms with van der Waals surface area (Å²) in [5.74, 6) is -8.75. The highest BCUT2D eigenvalue weighted by Crippen LogP contribution is 2.42. The van der Waals surface area contributed by atoms with Crippen molar-refractivity contribution < 1.29 is 77.9 Å². The zero-order chi connectivity index (χ0) is 72.9. The minimum atomic E-state index is -1.60. The molecule has 14 N–H and O–H groups in total. The van der Waals surface area contributed by atoms with E-state index in [2.05, 4.69) is 73.1 Å². The van der Waals surface area contributed by atoms with E-state index in [4.69, 9.17) is 28.2 Å². The number of unbranched alkanes of at least 4 members (excludes halogenated alkanes) is 2. The number of carbonyl (C=O) groups excluding carboxylic acids is 8. The first-order valence-corrected chi connectivity index (χ1v) is 34.4. The fourth-order valence-corrected chi connectivity index (χ4v) is 12.0. The number of carboxylic acid groups (broad SMARTS) is 2. The molecule has 7 rings (SSSR count). The highest BCUT2D eigenvalue weighted by atomic mass is 35.5. The molecule has 0 bridgehead atoms. The Labute approximate surface area is 596 Å². The fraction of sp³-hybridized carbons (Fsp3) is 0.391. The van der Waals surface area contributed by atoms with Gasteiger partial charge in [0.2, 0.25) is 47.3 Å². The van der Waals surface area contributed by atoms with E-state index in [-0.39, 0.29) is 106 Å². The number of benzene rings is 5. The predicted octanol–water partition coefficient (Wildman–Crippen LogP) is 5.17. The average molecular weight is 1450 g/mol. The summed E-state index contributed by atoms with van der Waals surface area (Å²) in [6, 6.07) is 14.9. The van der Waals surface area contributed by atoms with E-state index < -0.39 is 115 Å². The molecule has 2 heterocycles. The van der Waals surface area contributed by atoms with Crippen LogP contribution in [0.1, 0.15) is 100 Å². The number of nitrogens with one attached hydrogen (secondary N) is 9. The Morgan fingerprint density at radius 2 is 1.31 bits per heavy atom. The van der Waals surface area contributed by atoms with Gasteiger partial charge >= 0.3 is 11.9 Å². The van der Waals surface area contributed by atoms with Crippen LogP contribution in [0.15, 0.2) is 106 Å². The Hall–Kier alpha value is -9.65. The number of rotatable bonds is 34. The van der Waals surface area contributed by atoms with E-state index in [1.165, 1.54) is 77.7 Å². The molecule has 2 aliphatic heterocycles.